The summed E-state index contributed by atoms with van der Waals surface area (Å²) in [4.78, 5) is 21.0. The van der Waals surface area contributed by atoms with Crippen molar-refractivity contribution in [3.63, 3.8) is 0 Å². The van der Waals surface area contributed by atoms with Gasteiger partial charge in [-0.2, -0.15) is 0 Å². The van der Waals surface area contributed by atoms with Gasteiger partial charge >= 0.3 is 6.03 Å². The van der Waals surface area contributed by atoms with Gasteiger partial charge < -0.3 is 14.4 Å². The van der Waals surface area contributed by atoms with Gasteiger partial charge in [-0.15, -0.1) is 0 Å². The highest BCUT2D eigenvalue weighted by Gasteiger charge is 2.45. The predicted molar refractivity (Wildman–Crippen MR) is 139 cm³/mol. The first-order valence-electron chi connectivity index (χ1n) is 13.1. The van der Waals surface area contributed by atoms with E-state index in [1.807, 2.05) is 65.6 Å². The number of likely N-dealkylation sites (tertiary alicyclic amines) is 1. The summed E-state index contributed by atoms with van der Waals surface area (Å²) in [6, 6.07) is 25.1. The van der Waals surface area contributed by atoms with Crippen molar-refractivity contribution in [1.82, 2.24) is 9.80 Å². The molecule has 2 amide bonds. The Kier molecular flexibility index (Phi) is 5.35. The molecule has 0 aromatic heterocycles. The molecule has 3 atom stereocenters. The van der Waals surface area contributed by atoms with Gasteiger partial charge in [0.05, 0.1) is 11.4 Å². The van der Waals surface area contributed by atoms with Crippen LogP contribution in [0.15, 0.2) is 72.8 Å². The number of carbonyl (C=O) groups is 1. The SMILES string of the molecule is O=C(N(c1ccccc1)c1ccccc1)N1CCCC2CN3CCc4cc5c(cc4C3CC21)OCO5. The number of rotatable bonds is 2. The highest BCUT2D eigenvalue weighted by Crippen LogP contribution is 2.47. The average molecular weight is 482 g/mol. The zero-order chi connectivity index (χ0) is 24.1. The molecule has 6 heteroatoms. The second-order valence-electron chi connectivity index (χ2n) is 10.4. The molecule has 6 nitrogen and oxygen atoms in total. The molecule has 36 heavy (non-hydrogen) atoms. The van der Waals surface area contributed by atoms with Gasteiger partial charge in [0.2, 0.25) is 6.79 Å². The first-order valence-corrected chi connectivity index (χ1v) is 13.1. The summed E-state index contributed by atoms with van der Waals surface area (Å²) in [7, 11) is 0. The third kappa shape index (κ3) is 3.63. The van der Waals surface area contributed by atoms with E-state index in [2.05, 4.69) is 21.9 Å². The van der Waals surface area contributed by atoms with Crippen LogP contribution in [0.4, 0.5) is 16.2 Å². The fourth-order valence-electron chi connectivity index (χ4n) is 6.73. The molecule has 3 unspecified atom stereocenters. The maximum atomic E-state index is 14.3. The van der Waals surface area contributed by atoms with Crippen molar-refractivity contribution in [3.05, 3.63) is 83.9 Å². The van der Waals surface area contributed by atoms with Crippen LogP contribution in [0.3, 0.4) is 0 Å². The van der Waals surface area contributed by atoms with Crippen LogP contribution in [-0.4, -0.2) is 48.3 Å². The summed E-state index contributed by atoms with van der Waals surface area (Å²) in [6.45, 7) is 3.21. The summed E-state index contributed by atoms with van der Waals surface area (Å²) in [5.41, 5.74) is 4.53. The summed E-state index contributed by atoms with van der Waals surface area (Å²) in [6.07, 6.45) is 4.24. The number of piperidine rings is 2. The van der Waals surface area contributed by atoms with Crippen molar-refractivity contribution >= 4 is 17.4 Å². The van der Waals surface area contributed by atoms with E-state index < -0.39 is 0 Å². The van der Waals surface area contributed by atoms with Crippen molar-refractivity contribution in [1.29, 1.82) is 0 Å². The van der Waals surface area contributed by atoms with Crippen LogP contribution in [0, 0.1) is 5.92 Å². The van der Waals surface area contributed by atoms with Crippen LogP contribution in [0.2, 0.25) is 0 Å². The Labute approximate surface area is 212 Å². The Balaban J connectivity index is 1.22. The van der Waals surface area contributed by atoms with Crippen LogP contribution in [0.1, 0.15) is 36.4 Å². The standard InChI is InChI=1S/C30H31N3O3/c34-30(33(23-9-3-1-4-10-23)24-11-5-2-6-12-24)32-14-7-8-22-19-31-15-13-21-16-28-29(36-20-35-28)17-25(21)27(31)18-26(22)32/h1-6,9-12,16-17,22,26-27H,7-8,13-15,18-20H2. The van der Waals surface area contributed by atoms with Crippen LogP contribution in [0.25, 0.3) is 0 Å². The molecule has 4 heterocycles. The third-order valence-electron chi connectivity index (χ3n) is 8.42. The largest absolute Gasteiger partial charge is 0.454 e. The van der Waals surface area contributed by atoms with Gasteiger partial charge in [0, 0.05) is 31.7 Å². The molecular weight excluding hydrogens is 450 g/mol. The first kappa shape index (κ1) is 21.7. The van der Waals surface area contributed by atoms with Gasteiger partial charge in [0.15, 0.2) is 11.5 Å². The second kappa shape index (κ2) is 8.86. The van der Waals surface area contributed by atoms with E-state index >= 15 is 0 Å². The number of ether oxygens (including phenoxy) is 2. The molecule has 4 aliphatic heterocycles. The molecule has 4 aliphatic rings. The smallest absolute Gasteiger partial charge is 0.329 e. The van der Waals surface area contributed by atoms with Gasteiger partial charge in [-0.25, -0.2) is 4.79 Å². The van der Waals surface area contributed by atoms with Crippen molar-refractivity contribution < 1.29 is 14.3 Å². The van der Waals surface area contributed by atoms with E-state index in [1.54, 1.807) is 0 Å². The summed E-state index contributed by atoms with van der Waals surface area (Å²) < 4.78 is 11.4. The maximum absolute atomic E-state index is 14.3. The minimum absolute atomic E-state index is 0.0808. The van der Waals surface area contributed by atoms with Gasteiger partial charge in [0.1, 0.15) is 0 Å². The quantitative estimate of drug-likeness (QED) is 0.467. The fraction of sp³-hybridized carbons (Fsp3) is 0.367. The number of hydrogen-bond acceptors (Lipinski definition) is 4. The Hall–Kier alpha value is -3.51. The Morgan fingerprint density at radius 2 is 1.58 bits per heavy atom. The minimum Gasteiger partial charge on any atom is -0.454 e. The normalized spacial score (nSPS) is 24.4. The predicted octanol–water partition coefficient (Wildman–Crippen LogP) is 5.76. The number of benzene rings is 3. The second-order valence-corrected chi connectivity index (χ2v) is 10.4. The van der Waals surface area contributed by atoms with Crippen LogP contribution in [-0.2, 0) is 6.42 Å². The number of nitrogens with zero attached hydrogens (tertiary/aromatic N) is 3. The van der Waals surface area contributed by atoms with Gasteiger partial charge in [-0.1, -0.05) is 36.4 Å². The van der Waals surface area contributed by atoms with Crippen molar-refractivity contribution in [3.8, 4) is 11.5 Å². The highest BCUT2D eigenvalue weighted by atomic mass is 16.7. The van der Waals surface area contributed by atoms with Crippen molar-refractivity contribution in [2.24, 2.45) is 5.92 Å². The molecule has 0 N–H and O–H groups in total. The molecule has 0 saturated carbocycles. The summed E-state index contributed by atoms with van der Waals surface area (Å²) in [5.74, 6) is 2.23. The number of para-hydroxylation sites is 2. The fourth-order valence-corrected chi connectivity index (χ4v) is 6.73. The third-order valence-corrected chi connectivity index (χ3v) is 8.42. The highest BCUT2D eigenvalue weighted by molar-refractivity contribution is 5.99. The molecule has 2 fully saturated rings. The van der Waals surface area contributed by atoms with Crippen LogP contribution >= 0.6 is 0 Å². The molecule has 184 valence electrons. The molecule has 7 rings (SSSR count). The van der Waals surface area contributed by atoms with Crippen LogP contribution in [0.5, 0.6) is 11.5 Å². The minimum atomic E-state index is 0.0808. The maximum Gasteiger partial charge on any atom is 0.329 e. The number of anilines is 2. The Morgan fingerprint density at radius 1 is 0.889 bits per heavy atom. The van der Waals surface area contributed by atoms with E-state index in [1.165, 1.54) is 17.5 Å². The molecule has 3 aromatic rings. The Morgan fingerprint density at radius 3 is 2.31 bits per heavy atom. The molecule has 0 spiro atoms. The van der Waals surface area contributed by atoms with E-state index in [0.29, 0.717) is 18.8 Å². The summed E-state index contributed by atoms with van der Waals surface area (Å²) >= 11 is 0. The van der Waals surface area contributed by atoms with Crippen molar-refractivity contribution in [2.45, 2.75) is 37.8 Å². The van der Waals surface area contributed by atoms with Crippen LogP contribution < -0.4 is 14.4 Å². The van der Waals surface area contributed by atoms with Gasteiger partial charge in [-0.3, -0.25) is 9.80 Å². The van der Waals surface area contributed by atoms with Crippen molar-refractivity contribution in [2.75, 3.05) is 31.3 Å². The zero-order valence-corrected chi connectivity index (χ0v) is 20.4. The number of carbonyl (C=O) groups excluding carboxylic acids is 1. The molecule has 0 aliphatic carbocycles. The first-order chi connectivity index (χ1) is 17.8. The van der Waals surface area contributed by atoms with E-state index in [0.717, 1.165) is 61.8 Å². The summed E-state index contributed by atoms with van der Waals surface area (Å²) in [5, 5.41) is 0. The lowest BCUT2D eigenvalue weighted by Crippen LogP contribution is -2.59. The number of amides is 2. The lowest BCUT2D eigenvalue weighted by Gasteiger charge is -2.52. The number of hydrogen-bond donors (Lipinski definition) is 0. The van der Waals surface area contributed by atoms with Gasteiger partial charge in [0.25, 0.3) is 0 Å². The number of urea groups is 1. The topological polar surface area (TPSA) is 45.3 Å². The average Bonchev–Trinajstić information content (AvgIpc) is 3.39. The lowest BCUT2D eigenvalue weighted by atomic mass is 9.76. The monoisotopic (exact) mass is 481 g/mol. The van der Waals surface area contributed by atoms with Gasteiger partial charge in [-0.05, 0) is 79.1 Å². The molecular formula is C30H31N3O3. The molecule has 2 saturated heterocycles. The molecule has 0 bridgehead atoms. The Bertz CT molecular complexity index is 1230. The van der Waals surface area contributed by atoms with E-state index in [-0.39, 0.29) is 12.1 Å². The lowest BCUT2D eigenvalue weighted by molar-refractivity contribution is 0.00738. The zero-order valence-electron chi connectivity index (χ0n) is 20.4. The van der Waals surface area contributed by atoms with E-state index in [4.69, 9.17) is 9.47 Å². The molecule has 3 aromatic carbocycles. The number of fused-ring (bicyclic) bond motifs is 5. The molecule has 0 radical (unpaired) electrons. The van der Waals surface area contributed by atoms with E-state index in [9.17, 15) is 4.79 Å².